The predicted molar refractivity (Wildman–Crippen MR) is 81.2 cm³/mol. The smallest absolute Gasteiger partial charge is 0.186 e. The average Bonchev–Trinajstić information content (AvgIpc) is 3.04. The Bertz CT molecular complexity index is 554. The van der Waals surface area contributed by atoms with Gasteiger partial charge in [0.25, 0.3) is 0 Å². The van der Waals surface area contributed by atoms with E-state index in [0.717, 1.165) is 35.1 Å². The van der Waals surface area contributed by atoms with Crippen molar-refractivity contribution in [3.8, 4) is 0 Å². The highest BCUT2D eigenvalue weighted by Crippen LogP contribution is 2.38. The second-order valence-corrected chi connectivity index (χ2v) is 6.86. The Morgan fingerprint density at radius 2 is 2.37 bits per heavy atom. The van der Waals surface area contributed by atoms with Crippen molar-refractivity contribution in [1.29, 1.82) is 0 Å². The van der Waals surface area contributed by atoms with E-state index in [1.807, 2.05) is 11.3 Å². The SMILES string of the molecule is CCc1nc(N2CCc3sccc3C2C)sc1CO. The lowest BCUT2D eigenvalue weighted by atomic mass is 10.0. The maximum absolute atomic E-state index is 9.41. The maximum Gasteiger partial charge on any atom is 0.186 e. The zero-order chi connectivity index (χ0) is 13.4. The molecule has 0 bridgehead atoms. The number of thiazole rings is 1. The Balaban J connectivity index is 1.93. The van der Waals surface area contributed by atoms with Crippen LogP contribution in [0.15, 0.2) is 11.4 Å². The van der Waals surface area contributed by atoms with Crippen LogP contribution in [0.2, 0.25) is 0 Å². The van der Waals surface area contributed by atoms with Crippen LogP contribution in [-0.2, 0) is 19.4 Å². The molecule has 0 fully saturated rings. The molecule has 0 amide bonds. The lowest BCUT2D eigenvalue weighted by Crippen LogP contribution is -2.32. The van der Waals surface area contributed by atoms with Crippen LogP contribution in [0, 0.1) is 0 Å². The van der Waals surface area contributed by atoms with Gasteiger partial charge in [-0.3, -0.25) is 0 Å². The number of aliphatic hydroxyl groups excluding tert-OH is 1. The molecule has 0 radical (unpaired) electrons. The predicted octanol–water partition coefficient (Wildman–Crippen LogP) is 3.38. The normalized spacial score (nSPS) is 18.7. The molecule has 1 N–H and O–H groups in total. The minimum atomic E-state index is 0.104. The number of anilines is 1. The zero-order valence-corrected chi connectivity index (χ0v) is 12.9. The van der Waals surface area contributed by atoms with E-state index in [4.69, 9.17) is 4.98 Å². The van der Waals surface area contributed by atoms with Gasteiger partial charge in [0.2, 0.25) is 0 Å². The van der Waals surface area contributed by atoms with Crippen LogP contribution in [-0.4, -0.2) is 16.6 Å². The molecule has 0 aromatic carbocycles. The third kappa shape index (κ3) is 2.20. The first-order valence-electron chi connectivity index (χ1n) is 6.67. The Kier molecular flexibility index (Phi) is 3.60. The summed E-state index contributed by atoms with van der Waals surface area (Å²) in [6, 6.07) is 2.62. The number of hydrogen-bond acceptors (Lipinski definition) is 5. The average molecular weight is 294 g/mol. The van der Waals surface area contributed by atoms with Crippen molar-refractivity contribution in [2.45, 2.75) is 39.3 Å². The fraction of sp³-hybridized carbons (Fsp3) is 0.500. The number of aryl methyl sites for hydroxylation is 1. The fourth-order valence-electron chi connectivity index (χ4n) is 2.66. The van der Waals surface area contributed by atoms with E-state index in [2.05, 4.69) is 30.2 Å². The van der Waals surface area contributed by atoms with E-state index in [1.54, 1.807) is 11.3 Å². The number of fused-ring (bicyclic) bond motifs is 1. The summed E-state index contributed by atoms with van der Waals surface area (Å²) in [6.07, 6.45) is 1.99. The lowest BCUT2D eigenvalue weighted by molar-refractivity contribution is 0.284. The number of hydrogen-bond donors (Lipinski definition) is 1. The molecule has 0 aliphatic carbocycles. The number of aliphatic hydroxyl groups is 1. The number of rotatable bonds is 3. The quantitative estimate of drug-likeness (QED) is 0.942. The van der Waals surface area contributed by atoms with E-state index in [9.17, 15) is 5.11 Å². The third-order valence-corrected chi connectivity index (χ3v) is 5.88. The maximum atomic E-state index is 9.41. The van der Waals surface area contributed by atoms with Gasteiger partial charge in [0, 0.05) is 11.4 Å². The summed E-state index contributed by atoms with van der Waals surface area (Å²) < 4.78 is 0. The van der Waals surface area contributed by atoms with Crippen LogP contribution in [0.4, 0.5) is 5.13 Å². The van der Waals surface area contributed by atoms with Gasteiger partial charge >= 0.3 is 0 Å². The van der Waals surface area contributed by atoms with Crippen molar-refractivity contribution in [2.75, 3.05) is 11.4 Å². The Morgan fingerprint density at radius 1 is 1.53 bits per heavy atom. The second kappa shape index (κ2) is 5.23. The van der Waals surface area contributed by atoms with Gasteiger partial charge < -0.3 is 10.0 Å². The minimum Gasteiger partial charge on any atom is -0.391 e. The molecule has 0 saturated carbocycles. The van der Waals surface area contributed by atoms with Gasteiger partial charge in [0.05, 0.1) is 23.2 Å². The highest BCUT2D eigenvalue weighted by atomic mass is 32.1. The Hall–Kier alpha value is -0.910. The van der Waals surface area contributed by atoms with E-state index in [-0.39, 0.29) is 6.61 Å². The molecule has 1 aliphatic heterocycles. The first-order chi connectivity index (χ1) is 9.24. The molecule has 1 unspecified atom stereocenters. The summed E-state index contributed by atoms with van der Waals surface area (Å²) in [5.41, 5.74) is 2.49. The highest BCUT2D eigenvalue weighted by Gasteiger charge is 2.27. The number of nitrogens with zero attached hydrogens (tertiary/aromatic N) is 2. The molecule has 3 nitrogen and oxygen atoms in total. The topological polar surface area (TPSA) is 36.4 Å². The van der Waals surface area contributed by atoms with Crippen molar-refractivity contribution < 1.29 is 5.11 Å². The standard InChI is InChI=1S/C14H18N2OS2/c1-3-11-13(8-17)19-14(15-11)16-6-4-12-10(9(16)2)5-7-18-12/h5,7,9,17H,3-4,6,8H2,1-2H3. The summed E-state index contributed by atoms with van der Waals surface area (Å²) in [7, 11) is 0. The van der Waals surface area contributed by atoms with Crippen molar-refractivity contribution in [3.05, 3.63) is 32.5 Å². The fourth-order valence-corrected chi connectivity index (χ4v) is 4.74. The van der Waals surface area contributed by atoms with Crippen LogP contribution in [0.3, 0.4) is 0 Å². The monoisotopic (exact) mass is 294 g/mol. The molecule has 2 aromatic heterocycles. The van der Waals surface area contributed by atoms with E-state index in [1.165, 1.54) is 10.4 Å². The molecule has 3 heterocycles. The van der Waals surface area contributed by atoms with Gasteiger partial charge in [-0.1, -0.05) is 18.3 Å². The van der Waals surface area contributed by atoms with E-state index < -0.39 is 0 Å². The van der Waals surface area contributed by atoms with Crippen LogP contribution < -0.4 is 4.90 Å². The van der Waals surface area contributed by atoms with Gasteiger partial charge in [-0.2, -0.15) is 0 Å². The molecule has 102 valence electrons. The molecule has 19 heavy (non-hydrogen) atoms. The van der Waals surface area contributed by atoms with Crippen molar-refractivity contribution in [2.24, 2.45) is 0 Å². The van der Waals surface area contributed by atoms with E-state index in [0.29, 0.717) is 6.04 Å². The van der Waals surface area contributed by atoms with Gasteiger partial charge in [0.15, 0.2) is 5.13 Å². The van der Waals surface area contributed by atoms with Crippen LogP contribution in [0.25, 0.3) is 0 Å². The van der Waals surface area contributed by atoms with Crippen LogP contribution in [0.1, 0.15) is 40.9 Å². The number of aromatic nitrogens is 1. The summed E-state index contributed by atoms with van der Waals surface area (Å²) in [4.78, 5) is 9.62. The Morgan fingerprint density at radius 3 is 3.05 bits per heavy atom. The van der Waals surface area contributed by atoms with E-state index >= 15 is 0 Å². The zero-order valence-electron chi connectivity index (χ0n) is 11.2. The van der Waals surface area contributed by atoms with Crippen molar-refractivity contribution in [1.82, 2.24) is 4.98 Å². The molecule has 0 saturated heterocycles. The van der Waals surface area contributed by atoms with Crippen LogP contribution in [0.5, 0.6) is 0 Å². The first-order valence-corrected chi connectivity index (χ1v) is 8.36. The number of thiophene rings is 1. The summed E-state index contributed by atoms with van der Waals surface area (Å²) in [5.74, 6) is 0. The molecule has 1 atom stereocenters. The van der Waals surface area contributed by atoms with Gasteiger partial charge in [-0.25, -0.2) is 4.98 Å². The highest BCUT2D eigenvalue weighted by molar-refractivity contribution is 7.15. The summed E-state index contributed by atoms with van der Waals surface area (Å²) in [5, 5.41) is 12.6. The molecular formula is C14H18N2OS2. The molecule has 0 spiro atoms. The Labute approximate surface area is 121 Å². The summed E-state index contributed by atoms with van der Waals surface area (Å²) >= 11 is 3.50. The van der Waals surface area contributed by atoms with Crippen molar-refractivity contribution >= 4 is 27.8 Å². The minimum absolute atomic E-state index is 0.104. The second-order valence-electron chi connectivity index (χ2n) is 4.80. The molecule has 5 heteroatoms. The molecule has 3 rings (SSSR count). The van der Waals surface area contributed by atoms with Gasteiger partial charge in [0.1, 0.15) is 0 Å². The largest absolute Gasteiger partial charge is 0.391 e. The van der Waals surface area contributed by atoms with Gasteiger partial charge in [-0.15, -0.1) is 11.3 Å². The van der Waals surface area contributed by atoms with Gasteiger partial charge in [-0.05, 0) is 36.8 Å². The molecule has 1 aliphatic rings. The van der Waals surface area contributed by atoms with Crippen LogP contribution >= 0.6 is 22.7 Å². The third-order valence-electron chi connectivity index (χ3n) is 3.77. The lowest BCUT2D eigenvalue weighted by Gasteiger charge is -2.33. The first kappa shape index (κ1) is 13.1. The molecule has 2 aromatic rings. The summed E-state index contributed by atoms with van der Waals surface area (Å²) in [6.45, 7) is 5.47. The molecular weight excluding hydrogens is 276 g/mol. The van der Waals surface area contributed by atoms with Crippen molar-refractivity contribution in [3.63, 3.8) is 0 Å².